The van der Waals surface area contributed by atoms with Crippen molar-refractivity contribution in [1.82, 2.24) is 24.3 Å². The lowest BCUT2D eigenvalue weighted by molar-refractivity contribution is -0.117. The van der Waals surface area contributed by atoms with Gasteiger partial charge >= 0.3 is 0 Å². The summed E-state index contributed by atoms with van der Waals surface area (Å²) >= 11 is 0. The molecule has 0 spiro atoms. The van der Waals surface area contributed by atoms with Gasteiger partial charge in [0.25, 0.3) is 0 Å². The minimum Gasteiger partial charge on any atom is -0.488 e. The third kappa shape index (κ3) is 4.44. The number of carbonyl (C=O) groups is 1. The number of pyridine rings is 1. The Morgan fingerprint density at radius 2 is 2.15 bits per heavy atom. The van der Waals surface area contributed by atoms with E-state index in [2.05, 4.69) is 26.5 Å². The van der Waals surface area contributed by atoms with Gasteiger partial charge in [-0.1, -0.05) is 0 Å². The minimum atomic E-state index is -0.365. The van der Waals surface area contributed by atoms with Crippen molar-refractivity contribution in [2.75, 3.05) is 25.0 Å². The van der Waals surface area contributed by atoms with Crippen molar-refractivity contribution in [3.8, 4) is 23.1 Å². The number of hydrogen-bond acceptors (Lipinski definition) is 6. The average Bonchev–Trinajstić information content (AvgIpc) is 3.46. The van der Waals surface area contributed by atoms with Crippen LogP contribution >= 0.6 is 0 Å². The van der Waals surface area contributed by atoms with Gasteiger partial charge < -0.3 is 10.1 Å². The van der Waals surface area contributed by atoms with E-state index in [-0.39, 0.29) is 17.2 Å². The Balaban J connectivity index is 1.30. The van der Waals surface area contributed by atoms with Crippen LogP contribution in [-0.2, 0) is 11.8 Å². The Morgan fingerprint density at radius 3 is 2.85 bits per heavy atom. The third-order valence-corrected chi connectivity index (χ3v) is 6.44. The number of aryl methyl sites for hydroxylation is 1. The fraction of sp³-hybridized carbons (Fsp3) is 0.500. The van der Waals surface area contributed by atoms with Crippen molar-refractivity contribution >= 4 is 17.2 Å². The van der Waals surface area contributed by atoms with E-state index in [9.17, 15) is 10.1 Å². The highest BCUT2D eigenvalue weighted by Crippen LogP contribution is 2.33. The van der Waals surface area contributed by atoms with Crippen LogP contribution in [-0.4, -0.2) is 55.9 Å². The van der Waals surface area contributed by atoms with Crippen LogP contribution in [0.3, 0.4) is 0 Å². The molecule has 1 saturated heterocycles. The number of aromatic nitrogens is 4. The number of carbonyl (C=O) groups excluding carboxylic acids is 1. The number of nitrogens with zero attached hydrogens (tertiary/aromatic N) is 6. The first kappa shape index (κ1) is 21.5. The number of nitrogens with one attached hydrogen (secondary N) is 1. The maximum absolute atomic E-state index is 12.1. The van der Waals surface area contributed by atoms with Gasteiger partial charge in [0.15, 0.2) is 11.6 Å². The average molecular weight is 448 g/mol. The molecule has 0 unspecified atom stereocenters. The highest BCUT2D eigenvalue weighted by molar-refractivity contribution is 5.93. The highest BCUT2D eigenvalue weighted by Gasteiger charge is 2.33. The SMILES string of the molecule is Cn1ncc(OC[C@H]2CCN2CC(C)(C)C#N)c1-c1ccn2nc(NC(=O)C3CC3)cc2c1. The van der Waals surface area contributed by atoms with Crippen LogP contribution in [0.25, 0.3) is 16.8 Å². The van der Waals surface area contributed by atoms with Crippen molar-refractivity contribution in [3.05, 3.63) is 30.6 Å². The van der Waals surface area contributed by atoms with E-state index in [4.69, 9.17) is 4.74 Å². The van der Waals surface area contributed by atoms with Crippen LogP contribution in [0.4, 0.5) is 5.82 Å². The normalized spacial score (nSPS) is 18.7. The molecule has 5 rings (SSSR count). The van der Waals surface area contributed by atoms with Gasteiger partial charge in [-0.2, -0.15) is 15.5 Å². The molecule has 0 aromatic carbocycles. The molecule has 33 heavy (non-hydrogen) atoms. The van der Waals surface area contributed by atoms with Crippen molar-refractivity contribution in [2.45, 2.75) is 39.2 Å². The molecule has 3 aromatic rings. The summed E-state index contributed by atoms with van der Waals surface area (Å²) in [5.41, 5.74) is 2.38. The zero-order chi connectivity index (χ0) is 23.2. The smallest absolute Gasteiger partial charge is 0.228 e. The number of nitriles is 1. The van der Waals surface area contributed by atoms with E-state index in [1.54, 1.807) is 10.7 Å². The van der Waals surface area contributed by atoms with Crippen LogP contribution in [0.15, 0.2) is 30.6 Å². The van der Waals surface area contributed by atoms with Crippen LogP contribution < -0.4 is 10.1 Å². The van der Waals surface area contributed by atoms with E-state index >= 15 is 0 Å². The number of fused-ring (bicyclic) bond motifs is 1. The fourth-order valence-corrected chi connectivity index (χ4v) is 4.25. The summed E-state index contributed by atoms with van der Waals surface area (Å²) < 4.78 is 9.78. The number of amides is 1. The van der Waals surface area contributed by atoms with Crippen LogP contribution in [0.1, 0.15) is 33.1 Å². The van der Waals surface area contributed by atoms with Crippen molar-refractivity contribution < 1.29 is 9.53 Å². The van der Waals surface area contributed by atoms with Gasteiger partial charge in [0.2, 0.25) is 5.91 Å². The molecule has 1 aliphatic carbocycles. The van der Waals surface area contributed by atoms with E-state index in [1.165, 1.54) is 0 Å². The summed E-state index contributed by atoms with van der Waals surface area (Å²) in [6, 6.07) is 8.56. The molecule has 9 heteroatoms. The standard InChI is InChI=1S/C24H29N7O2/c1-24(2,14-25)15-30-8-7-18(30)13-33-20-12-26-29(3)22(20)17-6-9-31-19(10-17)11-21(28-31)27-23(32)16-4-5-16/h6,9-12,16,18H,4-5,7-8,13,15H2,1-3H3,(H,27,28,32)/t18-/m1/s1. The number of anilines is 1. The van der Waals surface area contributed by atoms with Gasteiger partial charge in [0.1, 0.15) is 12.3 Å². The summed E-state index contributed by atoms with van der Waals surface area (Å²) in [6.45, 7) is 6.24. The Labute approximate surface area is 192 Å². The molecular weight excluding hydrogens is 418 g/mol. The molecule has 1 N–H and O–H groups in total. The van der Waals surface area contributed by atoms with E-state index in [0.717, 1.165) is 54.9 Å². The maximum Gasteiger partial charge on any atom is 0.228 e. The quantitative estimate of drug-likeness (QED) is 0.570. The Morgan fingerprint density at radius 1 is 1.33 bits per heavy atom. The summed E-state index contributed by atoms with van der Waals surface area (Å²) in [6.07, 6.45) is 6.61. The number of ether oxygens (including phenoxy) is 1. The van der Waals surface area contributed by atoms with Gasteiger partial charge in [-0.25, -0.2) is 4.52 Å². The van der Waals surface area contributed by atoms with Crippen molar-refractivity contribution in [2.24, 2.45) is 18.4 Å². The predicted molar refractivity (Wildman–Crippen MR) is 124 cm³/mol. The summed E-state index contributed by atoms with van der Waals surface area (Å²) in [7, 11) is 1.90. The van der Waals surface area contributed by atoms with Gasteiger partial charge in [-0.05, 0) is 45.2 Å². The monoisotopic (exact) mass is 447 g/mol. The van der Waals surface area contributed by atoms with Gasteiger partial charge in [-0.3, -0.25) is 14.4 Å². The second-order valence-electron chi connectivity index (χ2n) is 9.78. The maximum atomic E-state index is 12.1. The van der Waals surface area contributed by atoms with Crippen LogP contribution in [0.5, 0.6) is 5.75 Å². The number of likely N-dealkylation sites (tertiary alicyclic amines) is 1. The molecule has 1 atom stereocenters. The zero-order valence-electron chi connectivity index (χ0n) is 19.3. The Kier molecular flexibility index (Phi) is 5.33. The molecule has 3 aromatic heterocycles. The molecule has 4 heterocycles. The van der Waals surface area contributed by atoms with E-state index in [1.807, 2.05) is 50.0 Å². The van der Waals surface area contributed by atoms with E-state index < -0.39 is 0 Å². The molecule has 1 saturated carbocycles. The molecule has 1 aliphatic heterocycles. The molecule has 9 nitrogen and oxygen atoms in total. The minimum absolute atomic E-state index is 0.0455. The lowest BCUT2D eigenvalue weighted by Gasteiger charge is -2.43. The molecule has 0 radical (unpaired) electrons. The van der Waals surface area contributed by atoms with E-state index in [0.29, 0.717) is 18.5 Å². The lowest BCUT2D eigenvalue weighted by atomic mass is 9.91. The molecular formula is C24H29N7O2. The van der Waals surface area contributed by atoms with Gasteiger partial charge in [-0.15, -0.1) is 0 Å². The summed E-state index contributed by atoms with van der Waals surface area (Å²) in [4.78, 5) is 14.4. The topological polar surface area (TPSA) is 100 Å². The molecule has 172 valence electrons. The second-order valence-corrected chi connectivity index (χ2v) is 9.78. The largest absolute Gasteiger partial charge is 0.488 e. The molecule has 2 fully saturated rings. The molecule has 1 amide bonds. The van der Waals surface area contributed by atoms with Gasteiger partial charge in [0, 0.05) is 49.9 Å². The Hall–Kier alpha value is -3.38. The third-order valence-electron chi connectivity index (χ3n) is 6.44. The van der Waals surface area contributed by atoms with Crippen LogP contribution in [0.2, 0.25) is 0 Å². The zero-order valence-corrected chi connectivity index (χ0v) is 19.3. The van der Waals surface area contributed by atoms with Crippen LogP contribution in [0, 0.1) is 22.7 Å². The Bertz CT molecular complexity index is 1230. The fourth-order valence-electron chi connectivity index (χ4n) is 4.25. The molecule has 2 aliphatic rings. The predicted octanol–water partition coefficient (Wildman–Crippen LogP) is 3.09. The second kappa shape index (κ2) is 8.19. The summed E-state index contributed by atoms with van der Waals surface area (Å²) in [5, 5.41) is 21.1. The number of rotatable bonds is 8. The van der Waals surface area contributed by atoms with Crippen molar-refractivity contribution in [3.63, 3.8) is 0 Å². The molecule has 0 bridgehead atoms. The lowest BCUT2D eigenvalue weighted by Crippen LogP contribution is -2.53. The first-order chi connectivity index (χ1) is 15.8. The van der Waals surface area contributed by atoms with Gasteiger partial charge in [0.05, 0.1) is 23.2 Å². The first-order valence-corrected chi connectivity index (χ1v) is 11.4. The number of hydrogen-bond donors (Lipinski definition) is 1. The van der Waals surface area contributed by atoms with Crippen molar-refractivity contribution in [1.29, 1.82) is 5.26 Å². The highest BCUT2D eigenvalue weighted by atomic mass is 16.5. The first-order valence-electron chi connectivity index (χ1n) is 11.4. The summed E-state index contributed by atoms with van der Waals surface area (Å²) in [5.74, 6) is 1.48.